The Morgan fingerprint density at radius 3 is 2.50 bits per heavy atom. The highest BCUT2D eigenvalue weighted by molar-refractivity contribution is 6.11. The van der Waals surface area contributed by atoms with Gasteiger partial charge >= 0.3 is 0 Å². The third kappa shape index (κ3) is 3.58. The normalized spacial score (nSPS) is 17.4. The topological polar surface area (TPSA) is 63.6 Å². The summed E-state index contributed by atoms with van der Waals surface area (Å²) in [6.45, 7) is 10.9. The summed E-state index contributed by atoms with van der Waals surface area (Å²) in [6.07, 6.45) is 2.17. The van der Waals surface area contributed by atoms with Gasteiger partial charge in [-0.05, 0) is 55.2 Å². The van der Waals surface area contributed by atoms with Gasteiger partial charge in [0.25, 0.3) is 5.91 Å². The average Bonchev–Trinajstić information content (AvgIpc) is 3.29. The van der Waals surface area contributed by atoms with Crippen molar-refractivity contribution in [1.82, 2.24) is 9.47 Å². The van der Waals surface area contributed by atoms with Gasteiger partial charge in [0.1, 0.15) is 5.75 Å². The predicted molar refractivity (Wildman–Crippen MR) is 134 cm³/mol. The third-order valence-electron chi connectivity index (χ3n) is 6.62. The Labute approximate surface area is 200 Å². The number of carbonyl (C=O) groups is 2. The number of amides is 2. The van der Waals surface area contributed by atoms with Crippen molar-refractivity contribution in [2.75, 3.05) is 18.5 Å². The Balaban J connectivity index is 1.69. The fraction of sp³-hybridized carbons (Fsp3) is 0.357. The lowest BCUT2D eigenvalue weighted by Crippen LogP contribution is -2.33. The molecular formula is C28H31N3O3. The van der Waals surface area contributed by atoms with Crippen LogP contribution in [0.3, 0.4) is 0 Å². The van der Waals surface area contributed by atoms with Crippen molar-refractivity contribution >= 4 is 28.4 Å². The molecular weight excluding hydrogens is 426 g/mol. The lowest BCUT2D eigenvalue weighted by atomic mass is 9.84. The standard InChI is InChI=1S/C28H31N3O3/c1-16(2)15-34-20-11-9-19(10-12-20)25-21-13-30(17(3)4)24-8-6-7-22(26(21)24)29-23-14-31(18(5)32)28(33)27(23)25/h6-13,16-17,25,29H,14-15H2,1-5H3/t25-/m1/s1. The number of rotatable bonds is 5. The second kappa shape index (κ2) is 8.35. The molecule has 0 saturated carbocycles. The van der Waals surface area contributed by atoms with Gasteiger partial charge in [0.2, 0.25) is 5.91 Å². The number of carbonyl (C=O) groups excluding carboxylic acids is 2. The number of anilines is 1. The maximum Gasteiger partial charge on any atom is 0.259 e. The van der Waals surface area contributed by atoms with Crippen molar-refractivity contribution in [1.29, 1.82) is 0 Å². The van der Waals surface area contributed by atoms with E-state index in [1.807, 2.05) is 36.4 Å². The molecule has 0 fully saturated rings. The summed E-state index contributed by atoms with van der Waals surface area (Å²) in [4.78, 5) is 27.1. The van der Waals surface area contributed by atoms with Crippen molar-refractivity contribution in [2.45, 2.75) is 46.6 Å². The monoisotopic (exact) mass is 457 g/mol. The zero-order valence-electron chi connectivity index (χ0n) is 20.4. The molecule has 2 aliphatic heterocycles. The van der Waals surface area contributed by atoms with Crippen LogP contribution in [0.15, 0.2) is 59.9 Å². The van der Waals surface area contributed by atoms with Crippen LogP contribution in [-0.4, -0.2) is 34.4 Å². The number of imide groups is 1. The van der Waals surface area contributed by atoms with Crippen LogP contribution < -0.4 is 10.1 Å². The van der Waals surface area contributed by atoms with Crippen LogP contribution in [0, 0.1) is 5.92 Å². The van der Waals surface area contributed by atoms with Crippen LogP contribution >= 0.6 is 0 Å². The van der Waals surface area contributed by atoms with E-state index in [0.717, 1.165) is 39.2 Å². The molecule has 2 aromatic carbocycles. The van der Waals surface area contributed by atoms with E-state index < -0.39 is 0 Å². The summed E-state index contributed by atoms with van der Waals surface area (Å²) >= 11 is 0. The van der Waals surface area contributed by atoms with Crippen molar-refractivity contribution in [2.24, 2.45) is 5.92 Å². The average molecular weight is 458 g/mol. The first-order valence-corrected chi connectivity index (χ1v) is 11.9. The molecule has 2 amide bonds. The second-order valence-electron chi connectivity index (χ2n) is 9.92. The number of hydrogen-bond acceptors (Lipinski definition) is 4. The number of ether oxygens (including phenoxy) is 1. The first-order chi connectivity index (χ1) is 16.3. The fourth-order valence-corrected chi connectivity index (χ4v) is 5.03. The van der Waals surface area contributed by atoms with E-state index in [0.29, 0.717) is 18.1 Å². The van der Waals surface area contributed by atoms with Gasteiger partial charge in [0.05, 0.1) is 24.2 Å². The fourth-order valence-electron chi connectivity index (χ4n) is 5.03. The van der Waals surface area contributed by atoms with Gasteiger partial charge in [-0.2, -0.15) is 0 Å². The van der Waals surface area contributed by atoms with Gasteiger partial charge in [-0.3, -0.25) is 14.5 Å². The van der Waals surface area contributed by atoms with Gasteiger partial charge in [-0.1, -0.05) is 32.0 Å². The molecule has 1 aromatic heterocycles. The van der Waals surface area contributed by atoms with E-state index in [1.54, 1.807) is 0 Å². The molecule has 34 heavy (non-hydrogen) atoms. The Morgan fingerprint density at radius 1 is 1.12 bits per heavy atom. The second-order valence-corrected chi connectivity index (χ2v) is 9.92. The SMILES string of the molecule is CC(=O)N1CC2=C(C1=O)[C@H](c1ccc(OCC(C)C)cc1)c1cn(C(C)C)c3cccc(c13)N2. The van der Waals surface area contributed by atoms with Gasteiger partial charge < -0.3 is 14.6 Å². The van der Waals surface area contributed by atoms with Crippen molar-refractivity contribution in [3.05, 3.63) is 71.1 Å². The number of nitrogens with one attached hydrogen (secondary N) is 1. The van der Waals surface area contributed by atoms with Gasteiger partial charge in [-0.25, -0.2) is 0 Å². The molecule has 5 rings (SSSR count). The molecule has 6 heteroatoms. The molecule has 6 nitrogen and oxygen atoms in total. The summed E-state index contributed by atoms with van der Waals surface area (Å²) in [5.74, 6) is 0.499. The van der Waals surface area contributed by atoms with E-state index in [9.17, 15) is 9.59 Å². The highest BCUT2D eigenvalue weighted by Crippen LogP contribution is 2.47. The summed E-state index contributed by atoms with van der Waals surface area (Å²) < 4.78 is 8.15. The molecule has 0 unspecified atom stereocenters. The molecule has 3 aromatic rings. The maximum absolute atomic E-state index is 13.5. The van der Waals surface area contributed by atoms with E-state index in [2.05, 4.69) is 49.8 Å². The molecule has 0 aliphatic carbocycles. The molecule has 0 bridgehead atoms. The summed E-state index contributed by atoms with van der Waals surface area (Å²) in [7, 11) is 0. The lowest BCUT2D eigenvalue weighted by Gasteiger charge is -2.20. The number of hydrogen-bond donors (Lipinski definition) is 1. The van der Waals surface area contributed by atoms with Gasteiger partial charge in [0.15, 0.2) is 0 Å². The van der Waals surface area contributed by atoms with Crippen molar-refractivity contribution in [3.8, 4) is 5.75 Å². The minimum atomic E-state index is -0.287. The molecule has 2 aliphatic rings. The largest absolute Gasteiger partial charge is 0.493 e. The van der Waals surface area contributed by atoms with Crippen LogP contribution in [0.25, 0.3) is 10.9 Å². The maximum atomic E-state index is 13.5. The van der Waals surface area contributed by atoms with E-state index in [-0.39, 0.29) is 30.3 Å². The smallest absolute Gasteiger partial charge is 0.259 e. The lowest BCUT2D eigenvalue weighted by molar-refractivity contribution is -0.139. The van der Waals surface area contributed by atoms with E-state index >= 15 is 0 Å². The van der Waals surface area contributed by atoms with E-state index in [4.69, 9.17) is 4.74 Å². The molecule has 1 N–H and O–H groups in total. The van der Waals surface area contributed by atoms with Crippen molar-refractivity contribution < 1.29 is 14.3 Å². The van der Waals surface area contributed by atoms with Crippen LogP contribution in [0.5, 0.6) is 5.75 Å². The Kier molecular flexibility index (Phi) is 5.47. The molecule has 3 heterocycles. The summed E-state index contributed by atoms with van der Waals surface area (Å²) in [6, 6.07) is 14.5. The summed E-state index contributed by atoms with van der Waals surface area (Å²) in [5, 5.41) is 4.65. The zero-order chi connectivity index (χ0) is 24.1. The quantitative estimate of drug-likeness (QED) is 0.553. The van der Waals surface area contributed by atoms with Crippen LogP contribution in [0.1, 0.15) is 57.7 Å². The van der Waals surface area contributed by atoms with Crippen LogP contribution in [0.2, 0.25) is 0 Å². The van der Waals surface area contributed by atoms with Crippen LogP contribution in [0.4, 0.5) is 5.69 Å². The minimum Gasteiger partial charge on any atom is -0.493 e. The minimum absolute atomic E-state index is 0.224. The number of benzene rings is 2. The third-order valence-corrected chi connectivity index (χ3v) is 6.62. The molecule has 0 radical (unpaired) electrons. The Bertz CT molecular complexity index is 1310. The van der Waals surface area contributed by atoms with Gasteiger partial charge in [-0.15, -0.1) is 0 Å². The predicted octanol–water partition coefficient (Wildman–Crippen LogP) is 5.46. The first-order valence-electron chi connectivity index (χ1n) is 11.9. The highest BCUT2D eigenvalue weighted by Gasteiger charge is 2.41. The Hall–Kier alpha value is -3.54. The number of nitrogens with zero attached hydrogens (tertiary/aromatic N) is 2. The number of aromatic nitrogens is 1. The molecule has 0 saturated heterocycles. The molecule has 1 atom stereocenters. The van der Waals surface area contributed by atoms with Gasteiger partial charge in [0, 0.05) is 41.9 Å². The van der Waals surface area contributed by atoms with Crippen LogP contribution in [-0.2, 0) is 9.59 Å². The molecule has 0 spiro atoms. The highest BCUT2D eigenvalue weighted by atomic mass is 16.5. The molecule has 176 valence electrons. The van der Waals surface area contributed by atoms with E-state index in [1.165, 1.54) is 11.8 Å². The zero-order valence-corrected chi connectivity index (χ0v) is 20.4. The summed E-state index contributed by atoms with van der Waals surface area (Å²) in [5.41, 5.74) is 5.62. The Morgan fingerprint density at radius 2 is 1.85 bits per heavy atom. The first kappa shape index (κ1) is 22.3. The van der Waals surface area contributed by atoms with Crippen molar-refractivity contribution in [3.63, 3.8) is 0 Å².